The molecule has 4 aromatic rings. The van der Waals surface area contributed by atoms with Gasteiger partial charge in [0.25, 0.3) is 0 Å². The number of hydrogen-bond acceptors (Lipinski definition) is 4. The van der Waals surface area contributed by atoms with Gasteiger partial charge in [-0.3, -0.25) is 4.79 Å². The summed E-state index contributed by atoms with van der Waals surface area (Å²) in [6.07, 6.45) is 0.815. The third-order valence-corrected chi connectivity index (χ3v) is 5.35. The minimum atomic E-state index is -0.0545. The molecule has 6 heteroatoms. The number of methoxy groups -OCH3 is 1. The van der Waals surface area contributed by atoms with E-state index in [-0.39, 0.29) is 5.91 Å². The van der Waals surface area contributed by atoms with E-state index in [0.29, 0.717) is 24.5 Å². The second kappa shape index (κ2) is 10.0. The molecule has 0 aliphatic heterocycles. The Morgan fingerprint density at radius 3 is 2.27 bits per heavy atom. The minimum Gasteiger partial charge on any atom is -0.497 e. The van der Waals surface area contributed by atoms with Crippen molar-refractivity contribution in [2.45, 2.75) is 26.7 Å². The monoisotopic (exact) mass is 441 g/mol. The second-order valence-electron chi connectivity index (χ2n) is 7.81. The van der Waals surface area contributed by atoms with Crippen LogP contribution >= 0.6 is 0 Å². The Hall–Kier alpha value is -4.06. The van der Waals surface area contributed by atoms with Crippen molar-refractivity contribution in [1.82, 2.24) is 9.78 Å². The summed E-state index contributed by atoms with van der Waals surface area (Å²) in [6.45, 7) is 3.95. The number of rotatable bonds is 8. The van der Waals surface area contributed by atoms with E-state index in [2.05, 4.69) is 5.32 Å². The van der Waals surface area contributed by atoms with E-state index in [1.165, 1.54) is 0 Å². The highest BCUT2D eigenvalue weighted by Crippen LogP contribution is 2.32. The molecule has 1 heterocycles. The molecule has 0 unspecified atom stereocenters. The van der Waals surface area contributed by atoms with Gasteiger partial charge in [0.1, 0.15) is 11.5 Å². The van der Waals surface area contributed by atoms with E-state index in [9.17, 15) is 4.79 Å². The lowest BCUT2D eigenvalue weighted by atomic mass is 10.1. The molecule has 0 saturated heterocycles. The highest BCUT2D eigenvalue weighted by Gasteiger charge is 2.20. The molecule has 6 nitrogen and oxygen atoms in total. The number of aromatic nitrogens is 2. The SMILES string of the molecule is COc1ccc(-n2nc(C)c(CCC(=O)Nc3ccc(C)cc3)c2Oc2ccccc2)cc1. The van der Waals surface area contributed by atoms with Crippen LogP contribution in [0.4, 0.5) is 5.69 Å². The molecule has 33 heavy (non-hydrogen) atoms. The Labute approximate surface area is 193 Å². The van der Waals surface area contributed by atoms with Crippen molar-refractivity contribution < 1.29 is 14.3 Å². The average Bonchev–Trinajstić information content (AvgIpc) is 3.14. The zero-order valence-electron chi connectivity index (χ0n) is 19.0. The summed E-state index contributed by atoms with van der Waals surface area (Å²) in [6, 6.07) is 25.0. The van der Waals surface area contributed by atoms with Crippen molar-refractivity contribution >= 4 is 11.6 Å². The number of amides is 1. The first-order valence-corrected chi connectivity index (χ1v) is 10.9. The number of anilines is 1. The number of aryl methyl sites for hydroxylation is 2. The second-order valence-corrected chi connectivity index (χ2v) is 7.81. The maximum atomic E-state index is 12.6. The number of ether oxygens (including phenoxy) is 2. The molecule has 0 saturated carbocycles. The van der Waals surface area contributed by atoms with Crippen molar-refractivity contribution in [2.75, 3.05) is 12.4 Å². The molecule has 1 aromatic heterocycles. The van der Waals surface area contributed by atoms with E-state index in [1.807, 2.05) is 92.7 Å². The molecule has 0 aliphatic rings. The number of nitrogens with zero attached hydrogens (tertiary/aromatic N) is 2. The predicted molar refractivity (Wildman–Crippen MR) is 129 cm³/mol. The molecule has 0 bridgehead atoms. The van der Waals surface area contributed by atoms with Crippen molar-refractivity contribution in [3.8, 4) is 23.1 Å². The Morgan fingerprint density at radius 2 is 1.61 bits per heavy atom. The van der Waals surface area contributed by atoms with Gasteiger partial charge in [-0.1, -0.05) is 35.9 Å². The summed E-state index contributed by atoms with van der Waals surface area (Å²) in [5.74, 6) is 2.02. The Bertz CT molecular complexity index is 1210. The highest BCUT2D eigenvalue weighted by molar-refractivity contribution is 5.90. The first kappa shape index (κ1) is 22.1. The maximum absolute atomic E-state index is 12.6. The highest BCUT2D eigenvalue weighted by atomic mass is 16.5. The molecular weight excluding hydrogens is 414 g/mol. The average molecular weight is 442 g/mol. The molecule has 0 fully saturated rings. The number of carbonyl (C=O) groups excluding carboxylic acids is 1. The fourth-order valence-corrected chi connectivity index (χ4v) is 3.53. The minimum absolute atomic E-state index is 0.0545. The van der Waals surface area contributed by atoms with Crippen LogP contribution < -0.4 is 14.8 Å². The standard InChI is InChI=1S/C27H27N3O3/c1-19-9-11-21(12-10-19)28-26(31)18-17-25-20(2)29-30(22-13-15-23(32-3)16-14-22)27(25)33-24-7-5-4-6-8-24/h4-16H,17-18H2,1-3H3,(H,28,31). The molecule has 0 spiro atoms. The Kier molecular flexibility index (Phi) is 6.74. The summed E-state index contributed by atoms with van der Waals surface area (Å²) in [4.78, 5) is 12.6. The lowest BCUT2D eigenvalue weighted by Crippen LogP contribution is -2.12. The smallest absolute Gasteiger partial charge is 0.226 e. The molecule has 168 valence electrons. The first-order valence-electron chi connectivity index (χ1n) is 10.9. The fourth-order valence-electron chi connectivity index (χ4n) is 3.53. The van der Waals surface area contributed by atoms with E-state index in [4.69, 9.17) is 14.6 Å². The number of hydrogen-bond donors (Lipinski definition) is 1. The number of carbonyl (C=O) groups is 1. The summed E-state index contributed by atoms with van der Waals surface area (Å²) in [5.41, 5.74) is 4.50. The van der Waals surface area contributed by atoms with E-state index < -0.39 is 0 Å². The fraction of sp³-hybridized carbons (Fsp3) is 0.185. The van der Waals surface area contributed by atoms with Crippen molar-refractivity contribution in [3.63, 3.8) is 0 Å². The summed E-state index contributed by atoms with van der Waals surface area (Å²) < 4.78 is 13.3. The number of nitrogens with one attached hydrogen (secondary N) is 1. The van der Waals surface area contributed by atoms with Crippen LogP contribution in [0.25, 0.3) is 5.69 Å². The summed E-state index contributed by atoms with van der Waals surface area (Å²) in [7, 11) is 1.64. The molecule has 0 aliphatic carbocycles. The summed E-state index contributed by atoms with van der Waals surface area (Å²) in [5, 5.41) is 7.68. The topological polar surface area (TPSA) is 65.4 Å². The maximum Gasteiger partial charge on any atom is 0.226 e. The molecule has 0 atom stereocenters. The van der Waals surface area contributed by atoms with Gasteiger partial charge >= 0.3 is 0 Å². The Balaban J connectivity index is 1.59. The van der Waals surface area contributed by atoms with Crippen LogP contribution in [0.1, 0.15) is 23.2 Å². The van der Waals surface area contributed by atoms with E-state index in [1.54, 1.807) is 11.8 Å². The van der Waals surface area contributed by atoms with Crippen LogP contribution in [0.2, 0.25) is 0 Å². The molecular formula is C27H27N3O3. The number of benzene rings is 3. The van der Waals surface area contributed by atoms with Gasteiger partial charge in [-0.25, -0.2) is 4.68 Å². The van der Waals surface area contributed by atoms with Crippen LogP contribution in [-0.4, -0.2) is 22.8 Å². The Morgan fingerprint density at radius 1 is 0.909 bits per heavy atom. The van der Waals surface area contributed by atoms with Crippen LogP contribution in [0, 0.1) is 13.8 Å². The van der Waals surface area contributed by atoms with Gasteiger partial charge in [-0.15, -0.1) is 0 Å². The lowest BCUT2D eigenvalue weighted by Gasteiger charge is -2.12. The van der Waals surface area contributed by atoms with Gasteiger partial charge in [0.2, 0.25) is 11.8 Å². The van der Waals surface area contributed by atoms with Crippen LogP contribution in [0.15, 0.2) is 78.9 Å². The number of para-hydroxylation sites is 1. The molecule has 1 amide bonds. The lowest BCUT2D eigenvalue weighted by molar-refractivity contribution is -0.116. The summed E-state index contributed by atoms with van der Waals surface area (Å²) >= 11 is 0. The third-order valence-electron chi connectivity index (χ3n) is 5.35. The van der Waals surface area contributed by atoms with Crippen LogP contribution in [-0.2, 0) is 11.2 Å². The van der Waals surface area contributed by atoms with Crippen LogP contribution in [0.5, 0.6) is 17.4 Å². The zero-order chi connectivity index (χ0) is 23.2. The van der Waals surface area contributed by atoms with Gasteiger partial charge in [0.15, 0.2) is 0 Å². The largest absolute Gasteiger partial charge is 0.497 e. The molecule has 1 N–H and O–H groups in total. The van der Waals surface area contributed by atoms with Gasteiger partial charge in [-0.2, -0.15) is 5.10 Å². The van der Waals surface area contributed by atoms with Crippen LogP contribution in [0.3, 0.4) is 0 Å². The molecule has 0 radical (unpaired) electrons. The quantitative estimate of drug-likeness (QED) is 0.372. The molecule has 3 aromatic carbocycles. The normalized spacial score (nSPS) is 10.6. The zero-order valence-corrected chi connectivity index (χ0v) is 19.0. The molecule has 4 rings (SSSR count). The van der Waals surface area contributed by atoms with Crippen molar-refractivity contribution in [2.24, 2.45) is 0 Å². The van der Waals surface area contributed by atoms with Gasteiger partial charge in [-0.05, 0) is 68.8 Å². The predicted octanol–water partition coefficient (Wildman–Crippen LogP) is 5.86. The van der Waals surface area contributed by atoms with Gasteiger partial charge in [0, 0.05) is 17.7 Å². The van der Waals surface area contributed by atoms with Crippen molar-refractivity contribution in [1.29, 1.82) is 0 Å². The van der Waals surface area contributed by atoms with Gasteiger partial charge in [0.05, 0.1) is 18.5 Å². The van der Waals surface area contributed by atoms with E-state index >= 15 is 0 Å². The third kappa shape index (κ3) is 5.41. The van der Waals surface area contributed by atoms with E-state index in [0.717, 1.165) is 33.9 Å². The first-order chi connectivity index (χ1) is 16.0. The van der Waals surface area contributed by atoms with Gasteiger partial charge < -0.3 is 14.8 Å². The van der Waals surface area contributed by atoms with Crippen molar-refractivity contribution in [3.05, 3.63) is 95.7 Å².